The van der Waals surface area contributed by atoms with Gasteiger partial charge in [-0.3, -0.25) is 14.9 Å². The second-order valence-corrected chi connectivity index (χ2v) is 9.53. The molecule has 1 unspecified atom stereocenters. The predicted molar refractivity (Wildman–Crippen MR) is 137 cm³/mol. The molecule has 4 rings (SSSR count). The molecule has 2 heterocycles. The highest BCUT2D eigenvalue weighted by Gasteiger charge is 2.30. The van der Waals surface area contributed by atoms with Gasteiger partial charge in [-0.05, 0) is 70.5 Å². The molecule has 0 spiro atoms. The molecule has 2 aromatic carbocycles. The smallest absolute Gasteiger partial charge is 0.254 e. The Morgan fingerprint density at radius 2 is 2.00 bits per heavy atom. The minimum absolute atomic E-state index is 0.0894. The molecule has 4 aromatic rings. The maximum Gasteiger partial charge on any atom is 0.254 e. The first-order valence-corrected chi connectivity index (χ1v) is 11.9. The van der Waals surface area contributed by atoms with Gasteiger partial charge in [0.2, 0.25) is 0 Å². The molecule has 0 saturated heterocycles. The fourth-order valence-corrected chi connectivity index (χ4v) is 4.36. The van der Waals surface area contributed by atoms with Gasteiger partial charge in [-0.15, -0.1) is 0 Å². The molecule has 2 N–H and O–H groups in total. The molecule has 0 bridgehead atoms. The monoisotopic (exact) mass is 490 g/mol. The summed E-state index contributed by atoms with van der Waals surface area (Å²) in [5.41, 5.74) is 3.05. The number of halogens is 1. The van der Waals surface area contributed by atoms with Crippen LogP contribution in [0.15, 0.2) is 54.9 Å². The number of ether oxygens (including phenoxy) is 1. The van der Waals surface area contributed by atoms with Crippen LogP contribution < -0.4 is 4.74 Å². The van der Waals surface area contributed by atoms with Crippen molar-refractivity contribution in [2.75, 3.05) is 13.2 Å². The van der Waals surface area contributed by atoms with Gasteiger partial charge in [0, 0.05) is 40.5 Å². The first-order chi connectivity index (χ1) is 17.1. The number of aliphatic hydroxyl groups is 1. The zero-order valence-corrected chi connectivity index (χ0v) is 21.2. The maximum absolute atomic E-state index is 13.9. The van der Waals surface area contributed by atoms with Crippen LogP contribution >= 0.6 is 0 Å². The lowest BCUT2D eigenvalue weighted by molar-refractivity contribution is 0.0201. The van der Waals surface area contributed by atoms with E-state index >= 15 is 0 Å². The number of H-pyrrole nitrogens is 1. The van der Waals surface area contributed by atoms with E-state index in [9.17, 15) is 14.3 Å². The molecule has 0 aliphatic carbocycles. The lowest BCUT2D eigenvalue weighted by atomic mass is 9.99. The summed E-state index contributed by atoms with van der Waals surface area (Å²) < 4.78 is 19.7. The molecular formula is C28H31FN4O3. The third-order valence-corrected chi connectivity index (χ3v) is 6.11. The number of fused-ring (bicyclic) bond motifs is 1. The number of benzene rings is 2. The zero-order valence-electron chi connectivity index (χ0n) is 21.2. The number of amides is 1. The summed E-state index contributed by atoms with van der Waals surface area (Å²) in [6, 6.07) is 11.0. The quantitative estimate of drug-likeness (QED) is 0.343. The Hall–Kier alpha value is -3.78. The van der Waals surface area contributed by atoms with Gasteiger partial charge in [0.05, 0.1) is 30.0 Å². The number of pyridine rings is 1. The van der Waals surface area contributed by atoms with Crippen molar-refractivity contribution in [3.8, 4) is 16.9 Å². The molecular weight excluding hydrogens is 459 g/mol. The highest BCUT2D eigenvalue weighted by atomic mass is 19.1. The van der Waals surface area contributed by atoms with E-state index in [0.717, 1.165) is 22.2 Å². The van der Waals surface area contributed by atoms with Gasteiger partial charge in [-0.2, -0.15) is 5.10 Å². The molecule has 0 fully saturated rings. The van der Waals surface area contributed by atoms with Gasteiger partial charge in [0.25, 0.3) is 5.91 Å². The summed E-state index contributed by atoms with van der Waals surface area (Å²) in [6.45, 7) is 9.47. The molecule has 7 nitrogen and oxygen atoms in total. The van der Waals surface area contributed by atoms with E-state index in [-0.39, 0.29) is 18.3 Å². The lowest BCUT2D eigenvalue weighted by Gasteiger charge is -2.34. The molecule has 1 atom stereocenters. The third kappa shape index (κ3) is 5.23. The van der Waals surface area contributed by atoms with Crippen molar-refractivity contribution in [3.05, 3.63) is 77.5 Å². The van der Waals surface area contributed by atoms with Crippen LogP contribution in [0, 0.1) is 12.7 Å². The van der Waals surface area contributed by atoms with Gasteiger partial charge in [0.15, 0.2) is 0 Å². The normalized spacial score (nSPS) is 12.5. The Balaban J connectivity index is 1.76. The zero-order chi connectivity index (χ0) is 26.0. The summed E-state index contributed by atoms with van der Waals surface area (Å²) in [5.74, 6) is -0.139. The number of rotatable bonds is 8. The Morgan fingerprint density at radius 1 is 1.22 bits per heavy atom. The van der Waals surface area contributed by atoms with Crippen LogP contribution in [0.4, 0.5) is 4.39 Å². The first kappa shape index (κ1) is 25.3. The maximum atomic E-state index is 13.9. The molecule has 188 valence electrons. The summed E-state index contributed by atoms with van der Waals surface area (Å²) in [5, 5.41) is 18.7. The molecule has 0 radical (unpaired) electrons. The number of nitrogens with zero attached hydrogens (tertiary/aromatic N) is 3. The van der Waals surface area contributed by atoms with Crippen molar-refractivity contribution in [1.82, 2.24) is 20.1 Å². The molecule has 2 aromatic heterocycles. The fraction of sp³-hybridized carbons (Fsp3) is 0.321. The van der Waals surface area contributed by atoms with Crippen LogP contribution in [0.3, 0.4) is 0 Å². The molecule has 8 heteroatoms. The minimum Gasteiger partial charge on any atom is -0.493 e. The average molecular weight is 491 g/mol. The number of aryl methyl sites for hydroxylation is 1. The van der Waals surface area contributed by atoms with E-state index in [1.807, 2.05) is 20.8 Å². The second kappa shape index (κ2) is 10.1. The Labute approximate surface area is 209 Å². The number of carbonyl (C=O) groups excluding carboxylic acids is 1. The summed E-state index contributed by atoms with van der Waals surface area (Å²) in [6.07, 6.45) is 3.46. The van der Waals surface area contributed by atoms with E-state index in [4.69, 9.17) is 4.74 Å². The molecule has 1 amide bonds. The third-order valence-electron chi connectivity index (χ3n) is 6.11. The number of carbonyl (C=O) groups is 1. The van der Waals surface area contributed by atoms with Gasteiger partial charge < -0.3 is 14.7 Å². The van der Waals surface area contributed by atoms with Gasteiger partial charge in [-0.25, -0.2) is 4.39 Å². The summed E-state index contributed by atoms with van der Waals surface area (Å²) >= 11 is 0. The topological polar surface area (TPSA) is 91.3 Å². The van der Waals surface area contributed by atoms with Crippen LogP contribution in [-0.2, 0) is 0 Å². The summed E-state index contributed by atoms with van der Waals surface area (Å²) in [4.78, 5) is 20.0. The van der Waals surface area contributed by atoms with Crippen molar-refractivity contribution in [2.24, 2.45) is 0 Å². The molecule has 0 saturated carbocycles. The van der Waals surface area contributed by atoms with E-state index in [2.05, 4.69) is 15.2 Å². The number of nitrogens with one attached hydrogen (secondary N) is 1. The Bertz CT molecular complexity index is 1390. The fourth-order valence-electron chi connectivity index (χ4n) is 4.36. The van der Waals surface area contributed by atoms with Crippen molar-refractivity contribution < 1.29 is 19.0 Å². The highest BCUT2D eigenvalue weighted by molar-refractivity contribution is 5.96. The number of hydrogen-bond acceptors (Lipinski definition) is 5. The van der Waals surface area contributed by atoms with E-state index in [0.29, 0.717) is 29.0 Å². The van der Waals surface area contributed by atoms with E-state index in [1.54, 1.807) is 61.5 Å². The highest BCUT2D eigenvalue weighted by Crippen LogP contribution is 2.34. The molecule has 0 aliphatic rings. The minimum atomic E-state index is -1.14. The second-order valence-electron chi connectivity index (χ2n) is 9.53. The Morgan fingerprint density at radius 3 is 2.69 bits per heavy atom. The first-order valence-electron chi connectivity index (χ1n) is 11.9. The predicted octanol–water partition coefficient (Wildman–Crippen LogP) is 5.45. The van der Waals surface area contributed by atoms with Crippen molar-refractivity contribution in [2.45, 2.75) is 46.3 Å². The van der Waals surface area contributed by atoms with Crippen LogP contribution in [0.5, 0.6) is 5.75 Å². The number of hydrogen-bond donors (Lipinski definition) is 2. The van der Waals surface area contributed by atoms with Gasteiger partial charge in [-0.1, -0.05) is 12.1 Å². The summed E-state index contributed by atoms with van der Waals surface area (Å²) in [7, 11) is 0. The largest absolute Gasteiger partial charge is 0.493 e. The standard InChI is InChI=1S/C28H31FN4O3/c1-6-36-25-13-20(10-11-22(25)19-8-7-9-21(29)12-19)27(34)33(16-28(4,5)35)18(3)24-14-30-17(2)23-15-31-32-26(23)24/h7-15,18,35H,6,16H2,1-5H3,(H,31,32). The van der Waals surface area contributed by atoms with Gasteiger partial charge in [0.1, 0.15) is 11.6 Å². The van der Waals surface area contributed by atoms with Crippen LogP contribution in [0.1, 0.15) is 55.4 Å². The van der Waals surface area contributed by atoms with Crippen molar-refractivity contribution in [1.29, 1.82) is 0 Å². The van der Waals surface area contributed by atoms with E-state index in [1.165, 1.54) is 12.1 Å². The van der Waals surface area contributed by atoms with E-state index < -0.39 is 11.6 Å². The average Bonchev–Trinajstić information content (AvgIpc) is 3.33. The van der Waals surface area contributed by atoms with Crippen molar-refractivity contribution in [3.63, 3.8) is 0 Å². The number of aromatic amines is 1. The van der Waals surface area contributed by atoms with Crippen molar-refractivity contribution >= 4 is 16.8 Å². The molecule has 0 aliphatic heterocycles. The van der Waals surface area contributed by atoms with Gasteiger partial charge >= 0.3 is 0 Å². The molecule has 36 heavy (non-hydrogen) atoms. The Kier molecular flexibility index (Phi) is 7.08. The lowest BCUT2D eigenvalue weighted by Crippen LogP contribution is -2.43. The van der Waals surface area contributed by atoms with Crippen LogP contribution in [-0.4, -0.2) is 49.8 Å². The number of aromatic nitrogens is 3. The van der Waals surface area contributed by atoms with Crippen LogP contribution in [0.2, 0.25) is 0 Å². The van der Waals surface area contributed by atoms with Crippen LogP contribution in [0.25, 0.3) is 22.0 Å². The SMILES string of the molecule is CCOc1cc(C(=O)N(CC(C)(C)O)C(C)c2cnc(C)c3cn[nH]c23)ccc1-c1cccc(F)c1.